The van der Waals surface area contributed by atoms with Gasteiger partial charge >= 0.3 is 0 Å². The maximum absolute atomic E-state index is 11.6. The van der Waals surface area contributed by atoms with Gasteiger partial charge in [0.15, 0.2) is 0 Å². The number of amides is 1. The first-order chi connectivity index (χ1) is 11.3. The smallest absolute Gasteiger partial charge is 0.230 e. The van der Waals surface area contributed by atoms with E-state index in [4.69, 9.17) is 5.11 Å². The van der Waals surface area contributed by atoms with E-state index in [9.17, 15) is 4.79 Å². The molecule has 7 nitrogen and oxygen atoms in total. The molecule has 0 spiro atoms. The Balaban J connectivity index is 1.84. The Morgan fingerprint density at radius 3 is 2.91 bits per heavy atom. The van der Waals surface area contributed by atoms with Crippen molar-refractivity contribution in [1.29, 1.82) is 0 Å². The first kappa shape index (κ1) is 15.4. The highest BCUT2D eigenvalue weighted by Crippen LogP contribution is 2.25. The van der Waals surface area contributed by atoms with E-state index in [0.29, 0.717) is 5.16 Å². The summed E-state index contributed by atoms with van der Waals surface area (Å²) in [4.78, 5) is 11.6. The quantitative estimate of drug-likeness (QED) is 0.656. The minimum absolute atomic E-state index is 0.0792. The van der Waals surface area contributed by atoms with Gasteiger partial charge in [0, 0.05) is 11.9 Å². The van der Waals surface area contributed by atoms with Crippen molar-refractivity contribution in [3.63, 3.8) is 0 Å². The zero-order valence-corrected chi connectivity index (χ0v) is 13.0. The van der Waals surface area contributed by atoms with Crippen LogP contribution in [0.1, 0.15) is 0 Å². The summed E-state index contributed by atoms with van der Waals surface area (Å²) in [7, 11) is 0. The van der Waals surface area contributed by atoms with E-state index >= 15 is 0 Å². The molecule has 0 unspecified atom stereocenters. The van der Waals surface area contributed by atoms with E-state index in [2.05, 4.69) is 20.8 Å². The summed E-state index contributed by atoms with van der Waals surface area (Å²) in [5.74, 6) is 0.0158. The van der Waals surface area contributed by atoms with E-state index < -0.39 is 0 Å². The molecule has 0 aliphatic heterocycles. The SMILES string of the molecule is O=C(CSc1nnnn1-c1cccc2ccccc12)NCCO. The zero-order chi connectivity index (χ0) is 16.1. The van der Waals surface area contributed by atoms with E-state index in [-0.39, 0.29) is 24.8 Å². The third-order valence-electron chi connectivity index (χ3n) is 3.20. The predicted octanol–water partition coefficient (Wildman–Crippen LogP) is 1.02. The van der Waals surface area contributed by atoms with Crippen LogP contribution in [-0.4, -0.2) is 50.1 Å². The van der Waals surface area contributed by atoms with Crippen molar-refractivity contribution in [3.8, 4) is 5.69 Å². The van der Waals surface area contributed by atoms with Crippen molar-refractivity contribution in [2.24, 2.45) is 0 Å². The molecule has 0 saturated heterocycles. The molecule has 2 aromatic carbocycles. The lowest BCUT2D eigenvalue weighted by Crippen LogP contribution is -2.28. The van der Waals surface area contributed by atoms with Crippen molar-refractivity contribution < 1.29 is 9.90 Å². The maximum Gasteiger partial charge on any atom is 0.230 e. The predicted molar refractivity (Wildman–Crippen MR) is 87.5 cm³/mol. The molecule has 0 bridgehead atoms. The minimum Gasteiger partial charge on any atom is -0.395 e. The van der Waals surface area contributed by atoms with Gasteiger partial charge in [-0.2, -0.15) is 4.68 Å². The van der Waals surface area contributed by atoms with Crippen LogP contribution in [0.25, 0.3) is 16.5 Å². The fourth-order valence-corrected chi connectivity index (χ4v) is 2.90. The van der Waals surface area contributed by atoms with Gasteiger partial charge < -0.3 is 10.4 Å². The summed E-state index contributed by atoms with van der Waals surface area (Å²) in [5.41, 5.74) is 0.867. The van der Waals surface area contributed by atoms with Gasteiger partial charge in [0.2, 0.25) is 11.1 Å². The van der Waals surface area contributed by atoms with Gasteiger partial charge in [-0.25, -0.2) is 0 Å². The lowest BCUT2D eigenvalue weighted by Gasteiger charge is -2.08. The van der Waals surface area contributed by atoms with Gasteiger partial charge in [-0.05, 0) is 21.9 Å². The number of aliphatic hydroxyl groups is 1. The Bertz CT molecular complexity index is 815. The Labute approximate surface area is 136 Å². The van der Waals surface area contributed by atoms with Crippen molar-refractivity contribution in [2.45, 2.75) is 5.16 Å². The molecule has 1 heterocycles. The highest BCUT2D eigenvalue weighted by atomic mass is 32.2. The first-order valence-corrected chi connectivity index (χ1v) is 8.05. The number of thioether (sulfide) groups is 1. The number of hydrogen-bond donors (Lipinski definition) is 2. The molecule has 3 aromatic rings. The second-order valence-electron chi connectivity index (χ2n) is 4.73. The summed E-state index contributed by atoms with van der Waals surface area (Å²) < 4.78 is 1.63. The average molecular weight is 329 g/mol. The largest absolute Gasteiger partial charge is 0.395 e. The number of nitrogens with one attached hydrogen (secondary N) is 1. The normalized spacial score (nSPS) is 10.8. The fourth-order valence-electron chi connectivity index (χ4n) is 2.19. The molecule has 8 heteroatoms. The molecule has 2 N–H and O–H groups in total. The molecule has 3 rings (SSSR count). The van der Waals surface area contributed by atoms with Gasteiger partial charge in [-0.15, -0.1) is 5.10 Å². The Kier molecular flexibility index (Phi) is 4.84. The summed E-state index contributed by atoms with van der Waals surface area (Å²) in [5, 5.41) is 25.7. The molecule has 0 aliphatic carbocycles. The number of carbonyl (C=O) groups is 1. The van der Waals surface area contributed by atoms with E-state index in [1.807, 2.05) is 42.5 Å². The molecule has 1 amide bonds. The van der Waals surface area contributed by atoms with Gasteiger partial charge in [0.05, 0.1) is 18.0 Å². The van der Waals surface area contributed by atoms with Crippen LogP contribution in [0.15, 0.2) is 47.6 Å². The highest BCUT2D eigenvalue weighted by Gasteiger charge is 2.13. The maximum atomic E-state index is 11.6. The van der Waals surface area contributed by atoms with Crippen LogP contribution in [0.3, 0.4) is 0 Å². The molecular weight excluding hydrogens is 314 g/mol. The van der Waals surface area contributed by atoms with Crippen LogP contribution in [0.5, 0.6) is 0 Å². The lowest BCUT2D eigenvalue weighted by atomic mass is 10.1. The van der Waals surface area contributed by atoms with Crippen molar-refractivity contribution in [2.75, 3.05) is 18.9 Å². The Hall–Kier alpha value is -2.45. The standard InChI is InChI=1S/C15H15N5O2S/c21-9-8-16-14(22)10-23-15-17-18-19-20(15)13-7-3-5-11-4-1-2-6-12(11)13/h1-7,21H,8-10H2,(H,16,22). The molecule has 0 radical (unpaired) electrons. The number of aromatic nitrogens is 4. The topological polar surface area (TPSA) is 92.9 Å². The molecule has 118 valence electrons. The zero-order valence-electron chi connectivity index (χ0n) is 12.2. The summed E-state index contributed by atoms with van der Waals surface area (Å²) in [6, 6.07) is 13.9. The van der Waals surface area contributed by atoms with E-state index in [1.54, 1.807) is 4.68 Å². The number of carbonyl (C=O) groups excluding carboxylic acids is 1. The third-order valence-corrected chi connectivity index (χ3v) is 4.12. The number of fused-ring (bicyclic) bond motifs is 1. The lowest BCUT2D eigenvalue weighted by molar-refractivity contribution is -0.118. The van der Waals surface area contributed by atoms with Gasteiger partial charge in [-0.1, -0.05) is 48.2 Å². The molecule has 23 heavy (non-hydrogen) atoms. The van der Waals surface area contributed by atoms with Crippen LogP contribution in [0.2, 0.25) is 0 Å². The van der Waals surface area contributed by atoms with Gasteiger partial charge in [-0.3, -0.25) is 4.79 Å². The average Bonchev–Trinajstić information content (AvgIpc) is 3.06. The Morgan fingerprint density at radius 2 is 2.04 bits per heavy atom. The molecule has 0 fully saturated rings. The first-order valence-electron chi connectivity index (χ1n) is 7.06. The van der Waals surface area contributed by atoms with Gasteiger partial charge in [0.25, 0.3) is 0 Å². The second-order valence-corrected chi connectivity index (χ2v) is 5.68. The van der Waals surface area contributed by atoms with E-state index in [0.717, 1.165) is 16.5 Å². The molecule has 0 saturated carbocycles. The van der Waals surface area contributed by atoms with Crippen molar-refractivity contribution in [3.05, 3.63) is 42.5 Å². The van der Waals surface area contributed by atoms with Crippen molar-refractivity contribution in [1.82, 2.24) is 25.5 Å². The Morgan fingerprint density at radius 1 is 1.22 bits per heavy atom. The number of nitrogens with zero attached hydrogens (tertiary/aromatic N) is 4. The van der Waals surface area contributed by atoms with Gasteiger partial charge in [0.1, 0.15) is 0 Å². The molecule has 1 aromatic heterocycles. The number of hydrogen-bond acceptors (Lipinski definition) is 6. The number of benzene rings is 2. The van der Waals surface area contributed by atoms with Crippen LogP contribution in [-0.2, 0) is 4.79 Å². The van der Waals surface area contributed by atoms with Crippen LogP contribution < -0.4 is 5.32 Å². The monoisotopic (exact) mass is 329 g/mol. The van der Waals surface area contributed by atoms with Crippen LogP contribution >= 0.6 is 11.8 Å². The summed E-state index contributed by atoms with van der Waals surface area (Å²) in [6.45, 7) is 0.164. The van der Waals surface area contributed by atoms with Crippen LogP contribution in [0, 0.1) is 0 Å². The molecular formula is C15H15N5O2S. The molecule has 0 atom stereocenters. The van der Waals surface area contributed by atoms with E-state index in [1.165, 1.54) is 11.8 Å². The third kappa shape index (κ3) is 3.49. The van der Waals surface area contributed by atoms with Crippen LogP contribution in [0.4, 0.5) is 0 Å². The summed E-state index contributed by atoms with van der Waals surface area (Å²) >= 11 is 1.25. The number of aliphatic hydroxyl groups excluding tert-OH is 1. The number of rotatable bonds is 6. The van der Waals surface area contributed by atoms with Crippen molar-refractivity contribution >= 4 is 28.4 Å². The highest BCUT2D eigenvalue weighted by molar-refractivity contribution is 7.99. The fraction of sp³-hybridized carbons (Fsp3) is 0.200. The number of tetrazole rings is 1. The summed E-state index contributed by atoms with van der Waals surface area (Å²) in [6.07, 6.45) is 0. The second kappa shape index (κ2) is 7.21. The minimum atomic E-state index is -0.170. The molecule has 0 aliphatic rings.